The zero-order valence-electron chi connectivity index (χ0n) is 9.67. The number of phenols is 1. The number of nitrogens with zero attached hydrogens (tertiary/aromatic N) is 2. The normalized spacial score (nSPS) is 12.4. The number of aromatic nitrogens is 2. The minimum absolute atomic E-state index is 0.0811. The molecule has 0 aliphatic heterocycles. The van der Waals surface area contributed by atoms with Gasteiger partial charge in [0, 0.05) is 29.9 Å². The van der Waals surface area contributed by atoms with E-state index in [4.69, 9.17) is 5.73 Å². The van der Waals surface area contributed by atoms with Crippen LogP contribution < -0.4 is 5.73 Å². The Morgan fingerprint density at radius 2 is 1.94 bits per heavy atom. The maximum absolute atomic E-state index is 9.22. The summed E-state index contributed by atoms with van der Waals surface area (Å²) in [5.41, 5.74) is 7.55. The third-order valence-corrected chi connectivity index (χ3v) is 2.37. The Hall–Kier alpha value is -1.94. The Morgan fingerprint density at radius 1 is 1.24 bits per heavy atom. The van der Waals surface area contributed by atoms with Gasteiger partial charge in [-0.2, -0.15) is 0 Å². The molecule has 0 bridgehead atoms. The van der Waals surface area contributed by atoms with E-state index >= 15 is 0 Å². The Kier molecular flexibility index (Phi) is 3.35. The molecule has 17 heavy (non-hydrogen) atoms. The minimum atomic E-state index is 0.0811. The molecule has 1 aromatic heterocycles. The number of nitrogens with two attached hydrogens (primary N) is 1. The first-order valence-electron chi connectivity index (χ1n) is 5.52. The molecular weight excluding hydrogens is 214 g/mol. The Morgan fingerprint density at radius 3 is 2.59 bits per heavy atom. The highest BCUT2D eigenvalue weighted by Crippen LogP contribution is 2.18. The Bertz CT molecular complexity index is 494. The molecule has 0 saturated carbocycles. The van der Waals surface area contributed by atoms with E-state index in [2.05, 4.69) is 9.97 Å². The van der Waals surface area contributed by atoms with E-state index in [0.29, 0.717) is 5.82 Å². The van der Waals surface area contributed by atoms with Gasteiger partial charge in [0.05, 0.1) is 0 Å². The first-order valence-corrected chi connectivity index (χ1v) is 5.52. The molecule has 0 fully saturated rings. The summed E-state index contributed by atoms with van der Waals surface area (Å²) in [5.74, 6) is 0.892. The van der Waals surface area contributed by atoms with Crippen LogP contribution in [0.5, 0.6) is 5.75 Å². The van der Waals surface area contributed by atoms with Crippen molar-refractivity contribution in [2.24, 2.45) is 5.73 Å². The van der Waals surface area contributed by atoms with Gasteiger partial charge in [-0.15, -0.1) is 0 Å². The Balaban J connectivity index is 2.29. The number of rotatable bonds is 3. The van der Waals surface area contributed by atoms with Crippen LogP contribution in [0.1, 0.15) is 12.6 Å². The molecule has 1 unspecified atom stereocenters. The fourth-order valence-corrected chi connectivity index (χ4v) is 1.59. The number of aromatic hydroxyl groups is 1. The molecule has 0 aliphatic carbocycles. The molecule has 4 nitrogen and oxygen atoms in total. The van der Waals surface area contributed by atoms with Crippen molar-refractivity contribution in [2.75, 3.05) is 0 Å². The van der Waals surface area contributed by atoms with E-state index in [1.807, 2.05) is 13.0 Å². The van der Waals surface area contributed by atoms with Gasteiger partial charge in [-0.25, -0.2) is 9.97 Å². The van der Waals surface area contributed by atoms with Gasteiger partial charge in [0.1, 0.15) is 5.75 Å². The molecule has 4 heteroatoms. The van der Waals surface area contributed by atoms with Crippen LogP contribution in [0.3, 0.4) is 0 Å². The lowest BCUT2D eigenvalue weighted by Crippen LogP contribution is -2.18. The van der Waals surface area contributed by atoms with Crippen molar-refractivity contribution in [1.29, 1.82) is 0 Å². The van der Waals surface area contributed by atoms with Gasteiger partial charge < -0.3 is 10.8 Å². The number of phenolic OH excluding ortho intramolecular Hbond substituents is 1. The lowest BCUT2D eigenvalue weighted by Gasteiger charge is -2.06. The van der Waals surface area contributed by atoms with E-state index in [1.165, 1.54) is 0 Å². The third kappa shape index (κ3) is 3.01. The van der Waals surface area contributed by atoms with Gasteiger partial charge in [-0.05, 0) is 37.3 Å². The molecule has 0 aliphatic rings. The average Bonchev–Trinajstić information content (AvgIpc) is 2.29. The van der Waals surface area contributed by atoms with Crippen molar-refractivity contribution >= 4 is 0 Å². The topological polar surface area (TPSA) is 72.0 Å². The quantitative estimate of drug-likeness (QED) is 0.840. The minimum Gasteiger partial charge on any atom is -0.508 e. The van der Waals surface area contributed by atoms with Crippen molar-refractivity contribution in [1.82, 2.24) is 9.97 Å². The summed E-state index contributed by atoms with van der Waals surface area (Å²) < 4.78 is 0. The van der Waals surface area contributed by atoms with Gasteiger partial charge in [0.2, 0.25) is 0 Å². The van der Waals surface area contributed by atoms with E-state index < -0.39 is 0 Å². The van der Waals surface area contributed by atoms with Crippen molar-refractivity contribution in [3.05, 3.63) is 42.2 Å². The maximum atomic E-state index is 9.22. The molecule has 2 aromatic rings. The zero-order chi connectivity index (χ0) is 12.3. The second kappa shape index (κ2) is 4.93. The Labute approximate surface area is 100 Å². The highest BCUT2D eigenvalue weighted by atomic mass is 16.3. The predicted octanol–water partition coefficient (Wildman–Crippen LogP) is 1.74. The number of hydrogen-bond donors (Lipinski definition) is 2. The monoisotopic (exact) mass is 229 g/mol. The van der Waals surface area contributed by atoms with Gasteiger partial charge >= 0.3 is 0 Å². The molecule has 3 N–H and O–H groups in total. The SMILES string of the molecule is CC(N)Cc1ccnc(-c2ccc(O)cc2)n1. The molecule has 1 aromatic carbocycles. The molecule has 1 heterocycles. The van der Waals surface area contributed by atoms with E-state index in [-0.39, 0.29) is 11.8 Å². The van der Waals surface area contributed by atoms with E-state index in [1.54, 1.807) is 30.5 Å². The van der Waals surface area contributed by atoms with Crippen molar-refractivity contribution in [3.63, 3.8) is 0 Å². The summed E-state index contributed by atoms with van der Waals surface area (Å²) in [6, 6.07) is 8.78. The highest BCUT2D eigenvalue weighted by molar-refractivity contribution is 5.55. The number of hydrogen-bond acceptors (Lipinski definition) is 4. The molecule has 0 saturated heterocycles. The highest BCUT2D eigenvalue weighted by Gasteiger charge is 2.04. The van der Waals surface area contributed by atoms with Crippen molar-refractivity contribution < 1.29 is 5.11 Å². The standard InChI is InChI=1S/C13H15N3O/c1-9(14)8-11-6-7-15-13(16-11)10-2-4-12(17)5-3-10/h2-7,9,17H,8,14H2,1H3. The van der Waals surface area contributed by atoms with Crippen LogP contribution in [-0.4, -0.2) is 21.1 Å². The fourth-order valence-electron chi connectivity index (χ4n) is 1.59. The van der Waals surface area contributed by atoms with Crippen LogP contribution in [0.2, 0.25) is 0 Å². The second-order valence-electron chi connectivity index (χ2n) is 4.10. The largest absolute Gasteiger partial charge is 0.508 e. The van der Waals surface area contributed by atoms with Crippen LogP contribution in [0.15, 0.2) is 36.5 Å². The summed E-state index contributed by atoms with van der Waals surface area (Å²) in [7, 11) is 0. The van der Waals surface area contributed by atoms with E-state index in [9.17, 15) is 5.11 Å². The summed E-state index contributed by atoms with van der Waals surface area (Å²) in [6.45, 7) is 1.95. The molecule has 0 radical (unpaired) electrons. The van der Waals surface area contributed by atoms with Crippen LogP contribution >= 0.6 is 0 Å². The molecule has 0 spiro atoms. The second-order valence-corrected chi connectivity index (χ2v) is 4.10. The first kappa shape index (κ1) is 11.5. The molecule has 1 atom stereocenters. The molecule has 0 amide bonds. The van der Waals surface area contributed by atoms with Crippen LogP contribution in [0.4, 0.5) is 0 Å². The van der Waals surface area contributed by atoms with Gasteiger partial charge in [0.15, 0.2) is 5.82 Å². The molecule has 2 rings (SSSR count). The summed E-state index contributed by atoms with van der Waals surface area (Å²) in [6.07, 6.45) is 2.46. The average molecular weight is 229 g/mol. The predicted molar refractivity (Wildman–Crippen MR) is 66.5 cm³/mol. The summed E-state index contributed by atoms with van der Waals surface area (Å²) >= 11 is 0. The molecular formula is C13H15N3O. The fraction of sp³-hybridized carbons (Fsp3) is 0.231. The van der Waals surface area contributed by atoms with Crippen LogP contribution in [0.25, 0.3) is 11.4 Å². The molecule has 88 valence electrons. The van der Waals surface area contributed by atoms with Crippen molar-refractivity contribution in [3.8, 4) is 17.1 Å². The van der Waals surface area contributed by atoms with Crippen molar-refractivity contribution in [2.45, 2.75) is 19.4 Å². The summed E-state index contributed by atoms with van der Waals surface area (Å²) in [5, 5.41) is 9.22. The first-order chi connectivity index (χ1) is 8.15. The van der Waals surface area contributed by atoms with Crippen LogP contribution in [0, 0.1) is 0 Å². The summed E-state index contributed by atoms with van der Waals surface area (Å²) in [4.78, 5) is 8.65. The lowest BCUT2D eigenvalue weighted by molar-refractivity contribution is 0.475. The zero-order valence-corrected chi connectivity index (χ0v) is 9.67. The van der Waals surface area contributed by atoms with Crippen LogP contribution in [-0.2, 0) is 6.42 Å². The third-order valence-electron chi connectivity index (χ3n) is 2.37. The van der Waals surface area contributed by atoms with Gasteiger partial charge in [-0.3, -0.25) is 0 Å². The lowest BCUT2D eigenvalue weighted by atomic mass is 10.1. The van der Waals surface area contributed by atoms with E-state index in [0.717, 1.165) is 17.7 Å². The van der Waals surface area contributed by atoms with Gasteiger partial charge in [-0.1, -0.05) is 0 Å². The smallest absolute Gasteiger partial charge is 0.159 e. The van der Waals surface area contributed by atoms with Gasteiger partial charge in [0.25, 0.3) is 0 Å². The number of benzene rings is 1. The maximum Gasteiger partial charge on any atom is 0.159 e.